The van der Waals surface area contributed by atoms with Crippen molar-refractivity contribution in [1.82, 2.24) is 0 Å². The molecule has 0 bridgehead atoms. The Morgan fingerprint density at radius 2 is 1.67 bits per heavy atom. The van der Waals surface area contributed by atoms with Crippen LogP contribution in [-0.2, 0) is 4.79 Å². The Hall–Kier alpha value is -2.55. The molecular weight excluding hydrogens is 298 g/mol. The fourth-order valence-corrected chi connectivity index (χ4v) is 2.82. The highest BCUT2D eigenvalue weighted by Gasteiger charge is 2.13. The first-order valence-corrected chi connectivity index (χ1v) is 8.33. The van der Waals surface area contributed by atoms with E-state index in [4.69, 9.17) is 0 Å². The number of carboxylic acid groups (broad SMARTS) is 1. The van der Waals surface area contributed by atoms with Crippen LogP contribution in [0.5, 0.6) is 0 Å². The van der Waals surface area contributed by atoms with Gasteiger partial charge in [0.25, 0.3) is 0 Å². The molecule has 0 heterocycles. The van der Waals surface area contributed by atoms with E-state index >= 15 is 0 Å². The molecule has 3 heteroatoms. The van der Waals surface area contributed by atoms with Gasteiger partial charge in [-0.3, -0.25) is 0 Å². The Bertz CT molecular complexity index is 741. The molecule has 0 unspecified atom stereocenters. The first-order chi connectivity index (χ1) is 11.5. The average Bonchev–Trinajstić information content (AvgIpc) is 2.57. The number of hydrogen-bond acceptors (Lipinski definition) is 2. The van der Waals surface area contributed by atoms with Crippen molar-refractivity contribution in [2.24, 2.45) is 0 Å². The van der Waals surface area contributed by atoms with E-state index in [1.165, 1.54) is 0 Å². The highest BCUT2D eigenvalue weighted by atomic mass is 16.4. The van der Waals surface area contributed by atoms with E-state index in [0.29, 0.717) is 5.57 Å². The van der Waals surface area contributed by atoms with E-state index in [1.54, 1.807) is 6.08 Å². The minimum atomic E-state index is -0.906. The fraction of sp³-hybridized carbons (Fsp3) is 0.286. The van der Waals surface area contributed by atoms with Crippen molar-refractivity contribution in [1.29, 1.82) is 0 Å². The maximum Gasteiger partial charge on any atom is 0.336 e. The predicted octanol–water partition coefficient (Wildman–Crippen LogP) is 4.77. The second-order valence-corrected chi connectivity index (χ2v) is 5.95. The zero-order chi connectivity index (χ0) is 17.7. The standard InChI is InChI=1S/C21H25NO2/c1-5-22(6-2)18-11-9-17(10-12-18)14-20(21(23)24)19-13-15(3)7-8-16(19)4/h7-14H,5-6H2,1-4H3,(H,23,24)/b20-14-. The Balaban J connectivity index is 2.41. The van der Waals surface area contributed by atoms with Crippen LogP contribution in [0.2, 0.25) is 0 Å². The Kier molecular flexibility index (Phi) is 5.80. The molecule has 2 aromatic carbocycles. The van der Waals surface area contributed by atoms with E-state index in [2.05, 4.69) is 18.7 Å². The highest BCUT2D eigenvalue weighted by Crippen LogP contribution is 2.24. The minimum absolute atomic E-state index is 0.326. The van der Waals surface area contributed by atoms with Crippen LogP contribution in [0.3, 0.4) is 0 Å². The van der Waals surface area contributed by atoms with Crippen molar-refractivity contribution in [2.45, 2.75) is 27.7 Å². The zero-order valence-electron chi connectivity index (χ0n) is 14.8. The first-order valence-electron chi connectivity index (χ1n) is 8.33. The summed E-state index contributed by atoms with van der Waals surface area (Å²) in [5.74, 6) is -0.906. The summed E-state index contributed by atoms with van der Waals surface area (Å²) in [5.41, 5.74) is 5.17. The van der Waals surface area contributed by atoms with E-state index in [-0.39, 0.29) is 0 Å². The number of rotatable bonds is 6. The molecule has 24 heavy (non-hydrogen) atoms. The number of carboxylic acids is 1. The van der Waals surface area contributed by atoms with Crippen LogP contribution < -0.4 is 4.90 Å². The lowest BCUT2D eigenvalue weighted by atomic mass is 9.96. The van der Waals surface area contributed by atoms with E-state index < -0.39 is 5.97 Å². The van der Waals surface area contributed by atoms with Crippen molar-refractivity contribution in [3.63, 3.8) is 0 Å². The monoisotopic (exact) mass is 323 g/mol. The number of aliphatic carboxylic acids is 1. The van der Waals surface area contributed by atoms with Gasteiger partial charge in [-0.05, 0) is 62.6 Å². The van der Waals surface area contributed by atoms with Crippen LogP contribution in [-0.4, -0.2) is 24.2 Å². The van der Waals surface area contributed by atoms with Gasteiger partial charge in [-0.2, -0.15) is 0 Å². The predicted molar refractivity (Wildman–Crippen MR) is 101 cm³/mol. The summed E-state index contributed by atoms with van der Waals surface area (Å²) in [6.45, 7) is 10.1. The van der Waals surface area contributed by atoms with E-state index in [0.717, 1.165) is 41.0 Å². The maximum atomic E-state index is 11.8. The molecule has 0 atom stereocenters. The molecule has 0 fully saturated rings. The van der Waals surface area contributed by atoms with Crippen LogP contribution in [0, 0.1) is 13.8 Å². The van der Waals surface area contributed by atoms with Crippen molar-refractivity contribution in [2.75, 3.05) is 18.0 Å². The molecule has 0 aliphatic heterocycles. The van der Waals surface area contributed by atoms with Gasteiger partial charge in [0, 0.05) is 18.8 Å². The molecule has 0 aliphatic rings. The highest BCUT2D eigenvalue weighted by molar-refractivity contribution is 6.21. The molecule has 3 nitrogen and oxygen atoms in total. The van der Waals surface area contributed by atoms with E-state index in [9.17, 15) is 9.90 Å². The lowest BCUT2D eigenvalue weighted by Crippen LogP contribution is -2.21. The summed E-state index contributed by atoms with van der Waals surface area (Å²) < 4.78 is 0. The topological polar surface area (TPSA) is 40.5 Å². The molecule has 126 valence electrons. The third kappa shape index (κ3) is 4.05. The molecule has 0 aromatic heterocycles. The number of aryl methyl sites for hydroxylation is 2. The number of hydrogen-bond donors (Lipinski definition) is 1. The lowest BCUT2D eigenvalue weighted by molar-refractivity contribution is -0.130. The van der Waals surface area contributed by atoms with Gasteiger partial charge in [-0.25, -0.2) is 4.79 Å². The minimum Gasteiger partial charge on any atom is -0.478 e. The smallest absolute Gasteiger partial charge is 0.336 e. The number of anilines is 1. The number of benzene rings is 2. The molecule has 0 saturated heterocycles. The van der Waals surface area contributed by atoms with Crippen molar-refractivity contribution in [3.05, 3.63) is 64.7 Å². The SMILES string of the molecule is CCN(CC)c1ccc(/C=C(\C(=O)O)c2cc(C)ccc2C)cc1. The second-order valence-electron chi connectivity index (χ2n) is 5.95. The molecule has 2 rings (SSSR count). The van der Waals surface area contributed by atoms with Crippen molar-refractivity contribution in [3.8, 4) is 0 Å². The van der Waals surface area contributed by atoms with Gasteiger partial charge in [0.2, 0.25) is 0 Å². The summed E-state index contributed by atoms with van der Waals surface area (Å²) >= 11 is 0. The summed E-state index contributed by atoms with van der Waals surface area (Å²) in [5, 5.41) is 9.65. The van der Waals surface area contributed by atoms with Crippen molar-refractivity contribution < 1.29 is 9.90 Å². The summed E-state index contributed by atoms with van der Waals surface area (Å²) in [4.78, 5) is 14.0. The first kappa shape index (κ1) is 17.8. The Labute approximate surface area is 144 Å². The summed E-state index contributed by atoms with van der Waals surface area (Å²) in [6, 6.07) is 13.9. The Morgan fingerprint density at radius 1 is 1.04 bits per heavy atom. The van der Waals surface area contributed by atoms with E-state index in [1.807, 2.05) is 56.3 Å². The molecule has 1 N–H and O–H groups in total. The summed E-state index contributed by atoms with van der Waals surface area (Å²) in [6.07, 6.45) is 1.75. The Morgan fingerprint density at radius 3 is 2.21 bits per heavy atom. The molecule has 2 aromatic rings. The van der Waals surface area contributed by atoms with Gasteiger partial charge >= 0.3 is 5.97 Å². The lowest BCUT2D eigenvalue weighted by Gasteiger charge is -2.20. The van der Waals surface area contributed by atoms with Gasteiger partial charge in [0.05, 0.1) is 5.57 Å². The molecule has 0 amide bonds. The largest absolute Gasteiger partial charge is 0.478 e. The van der Waals surface area contributed by atoms with Gasteiger partial charge < -0.3 is 10.0 Å². The van der Waals surface area contributed by atoms with Gasteiger partial charge in [-0.15, -0.1) is 0 Å². The van der Waals surface area contributed by atoms with Crippen LogP contribution in [0.15, 0.2) is 42.5 Å². The molecule has 0 spiro atoms. The normalized spacial score (nSPS) is 11.4. The van der Waals surface area contributed by atoms with Crippen molar-refractivity contribution >= 4 is 23.3 Å². The van der Waals surface area contributed by atoms with Crippen LogP contribution in [0.4, 0.5) is 5.69 Å². The van der Waals surface area contributed by atoms with Gasteiger partial charge in [0.1, 0.15) is 0 Å². The zero-order valence-corrected chi connectivity index (χ0v) is 14.8. The molecule has 0 radical (unpaired) electrons. The third-order valence-electron chi connectivity index (χ3n) is 4.25. The number of carbonyl (C=O) groups is 1. The summed E-state index contributed by atoms with van der Waals surface area (Å²) in [7, 11) is 0. The average molecular weight is 323 g/mol. The third-order valence-corrected chi connectivity index (χ3v) is 4.25. The molecule has 0 saturated carbocycles. The van der Waals surface area contributed by atoms with Crippen LogP contribution in [0.1, 0.15) is 36.1 Å². The van der Waals surface area contributed by atoms with Gasteiger partial charge in [0.15, 0.2) is 0 Å². The quantitative estimate of drug-likeness (QED) is 0.614. The fourth-order valence-electron chi connectivity index (χ4n) is 2.82. The van der Waals surface area contributed by atoms with Crippen LogP contribution in [0.25, 0.3) is 11.6 Å². The second kappa shape index (κ2) is 7.82. The van der Waals surface area contributed by atoms with Crippen LogP contribution >= 0.6 is 0 Å². The van der Waals surface area contributed by atoms with Gasteiger partial charge in [-0.1, -0.05) is 35.9 Å². The maximum absolute atomic E-state index is 11.8. The molecule has 0 aliphatic carbocycles. The number of nitrogens with zero attached hydrogens (tertiary/aromatic N) is 1. The molecular formula is C21H25NO2.